The molecule has 0 heterocycles. The Bertz CT molecular complexity index is 331. The first kappa shape index (κ1) is 11.9. The number of rotatable bonds is 4. The maximum absolute atomic E-state index is 12.0. The van der Waals surface area contributed by atoms with Gasteiger partial charge in [0, 0.05) is 6.54 Å². The summed E-state index contributed by atoms with van der Waals surface area (Å²) in [6.07, 6.45) is -0.856. The van der Waals surface area contributed by atoms with E-state index in [1.807, 2.05) is 0 Å². The second-order valence-corrected chi connectivity index (χ2v) is 3.15. The number of halogens is 2. The quantitative estimate of drug-likeness (QED) is 0.805. The van der Waals surface area contributed by atoms with E-state index in [1.165, 1.54) is 6.07 Å². The lowest BCUT2D eigenvalue weighted by molar-refractivity contribution is -0.0504. The van der Waals surface area contributed by atoms with Crippen LogP contribution in [0.4, 0.5) is 8.78 Å². The molecule has 0 aromatic heterocycles. The van der Waals surface area contributed by atoms with Crippen molar-refractivity contribution in [2.75, 3.05) is 6.54 Å². The normalized spacial score (nSPS) is 12.9. The summed E-state index contributed by atoms with van der Waals surface area (Å²) in [4.78, 5) is 0. The highest BCUT2D eigenvalue weighted by Crippen LogP contribution is 2.24. The number of hydrogen-bond acceptors (Lipinski definition) is 3. The topological polar surface area (TPSA) is 55.5 Å². The van der Waals surface area contributed by atoms with Gasteiger partial charge in [-0.1, -0.05) is 12.1 Å². The van der Waals surface area contributed by atoms with E-state index in [1.54, 1.807) is 19.1 Å². The van der Waals surface area contributed by atoms with Gasteiger partial charge in [-0.15, -0.1) is 0 Å². The fourth-order valence-corrected chi connectivity index (χ4v) is 1.18. The molecule has 3 N–H and O–H groups in total. The van der Waals surface area contributed by atoms with Gasteiger partial charge in [-0.05, 0) is 24.1 Å². The van der Waals surface area contributed by atoms with Crippen molar-refractivity contribution >= 4 is 0 Å². The van der Waals surface area contributed by atoms with Crippen LogP contribution in [0.25, 0.3) is 0 Å². The first-order valence-electron chi connectivity index (χ1n) is 4.48. The second-order valence-electron chi connectivity index (χ2n) is 3.15. The third kappa shape index (κ3) is 3.14. The van der Waals surface area contributed by atoms with Gasteiger partial charge in [0.2, 0.25) is 0 Å². The number of benzene rings is 1. The minimum atomic E-state index is -2.87. The molecule has 0 aliphatic heterocycles. The zero-order chi connectivity index (χ0) is 11.4. The monoisotopic (exact) mass is 217 g/mol. The highest BCUT2D eigenvalue weighted by atomic mass is 19.3. The lowest BCUT2D eigenvalue weighted by atomic mass is 10.1. The molecule has 0 bridgehead atoms. The fourth-order valence-electron chi connectivity index (χ4n) is 1.18. The summed E-state index contributed by atoms with van der Waals surface area (Å²) >= 11 is 0. The van der Waals surface area contributed by atoms with Crippen molar-refractivity contribution < 1.29 is 18.6 Å². The van der Waals surface area contributed by atoms with Gasteiger partial charge in [-0.25, -0.2) is 0 Å². The van der Waals surface area contributed by atoms with E-state index in [-0.39, 0.29) is 12.3 Å². The van der Waals surface area contributed by atoms with E-state index in [4.69, 9.17) is 5.73 Å². The molecule has 15 heavy (non-hydrogen) atoms. The third-order valence-electron chi connectivity index (χ3n) is 2.04. The predicted molar refractivity (Wildman–Crippen MR) is 51.8 cm³/mol. The van der Waals surface area contributed by atoms with Crippen LogP contribution < -0.4 is 10.5 Å². The second kappa shape index (κ2) is 5.04. The van der Waals surface area contributed by atoms with Crippen molar-refractivity contribution in [1.29, 1.82) is 0 Å². The fraction of sp³-hybridized carbons (Fsp3) is 0.400. The average Bonchev–Trinajstić information content (AvgIpc) is 2.19. The lowest BCUT2D eigenvalue weighted by Gasteiger charge is -2.12. The highest BCUT2D eigenvalue weighted by Gasteiger charge is 2.11. The van der Waals surface area contributed by atoms with Gasteiger partial charge >= 0.3 is 6.61 Å². The van der Waals surface area contributed by atoms with Crippen LogP contribution in [-0.4, -0.2) is 18.3 Å². The number of ether oxygens (including phenoxy) is 1. The molecule has 1 aromatic rings. The maximum atomic E-state index is 12.0. The molecule has 1 atom stereocenters. The Balaban J connectivity index is 2.94. The number of alkyl halides is 2. The Morgan fingerprint density at radius 1 is 1.47 bits per heavy atom. The standard InChI is InChI=1S/C10H13F2NO2/c1-6-2-3-7(8(14)5-13)4-9(6)15-10(11)12/h2-4,8,10,14H,5,13H2,1H3. The van der Waals surface area contributed by atoms with Crippen LogP contribution in [0.5, 0.6) is 5.75 Å². The van der Waals surface area contributed by atoms with E-state index in [9.17, 15) is 13.9 Å². The zero-order valence-corrected chi connectivity index (χ0v) is 8.28. The highest BCUT2D eigenvalue weighted by molar-refractivity contribution is 5.37. The van der Waals surface area contributed by atoms with Gasteiger partial charge in [0.1, 0.15) is 5.75 Å². The molecule has 3 nitrogen and oxygen atoms in total. The molecule has 0 amide bonds. The number of aliphatic hydroxyl groups excluding tert-OH is 1. The summed E-state index contributed by atoms with van der Waals surface area (Å²) in [6.45, 7) is -1.18. The number of hydrogen-bond donors (Lipinski definition) is 2. The summed E-state index contributed by atoms with van der Waals surface area (Å²) in [5, 5.41) is 9.41. The Morgan fingerprint density at radius 2 is 2.13 bits per heavy atom. The van der Waals surface area contributed by atoms with E-state index in [0.29, 0.717) is 11.1 Å². The largest absolute Gasteiger partial charge is 0.435 e. The summed E-state index contributed by atoms with van der Waals surface area (Å²) in [6, 6.07) is 4.61. The Hall–Kier alpha value is -1.20. The molecule has 0 fully saturated rings. The van der Waals surface area contributed by atoms with E-state index in [0.717, 1.165) is 0 Å². The average molecular weight is 217 g/mol. The summed E-state index contributed by atoms with van der Waals surface area (Å²) in [5.74, 6) is 0.0648. The van der Waals surface area contributed by atoms with Crippen LogP contribution in [0.15, 0.2) is 18.2 Å². The van der Waals surface area contributed by atoms with Gasteiger partial charge in [0.25, 0.3) is 0 Å². The van der Waals surface area contributed by atoms with Crippen LogP contribution in [-0.2, 0) is 0 Å². The Labute approximate surface area is 86.5 Å². The smallest absolute Gasteiger partial charge is 0.387 e. The zero-order valence-electron chi connectivity index (χ0n) is 8.28. The van der Waals surface area contributed by atoms with Gasteiger partial charge < -0.3 is 15.6 Å². The predicted octanol–water partition coefficient (Wildman–Crippen LogP) is 1.59. The van der Waals surface area contributed by atoms with Crippen LogP contribution in [0.1, 0.15) is 17.2 Å². The molecule has 0 saturated heterocycles. The first-order valence-corrected chi connectivity index (χ1v) is 4.48. The van der Waals surface area contributed by atoms with E-state index < -0.39 is 12.7 Å². The third-order valence-corrected chi connectivity index (χ3v) is 2.04. The molecule has 0 aliphatic rings. The molecule has 0 radical (unpaired) electrons. The number of aliphatic hydroxyl groups is 1. The van der Waals surface area contributed by atoms with Crippen molar-refractivity contribution in [1.82, 2.24) is 0 Å². The van der Waals surface area contributed by atoms with Gasteiger partial charge in [-0.3, -0.25) is 0 Å². The van der Waals surface area contributed by atoms with Crippen LogP contribution >= 0.6 is 0 Å². The number of nitrogens with two attached hydrogens (primary N) is 1. The molecule has 5 heteroatoms. The molecule has 1 aromatic carbocycles. The van der Waals surface area contributed by atoms with Gasteiger partial charge in [0.05, 0.1) is 6.10 Å². The molecule has 0 aliphatic carbocycles. The van der Waals surface area contributed by atoms with Crippen LogP contribution in [0, 0.1) is 6.92 Å². The molecule has 84 valence electrons. The molecule has 0 spiro atoms. The summed E-state index contributed by atoms with van der Waals surface area (Å²) < 4.78 is 28.3. The minimum absolute atomic E-state index is 0.0389. The summed E-state index contributed by atoms with van der Waals surface area (Å²) in [7, 11) is 0. The van der Waals surface area contributed by atoms with Crippen molar-refractivity contribution in [3.63, 3.8) is 0 Å². The minimum Gasteiger partial charge on any atom is -0.435 e. The molecular formula is C10H13F2NO2. The Kier molecular flexibility index (Phi) is 3.99. The molecule has 1 rings (SSSR count). The van der Waals surface area contributed by atoms with Crippen molar-refractivity contribution in [2.45, 2.75) is 19.6 Å². The molecule has 0 saturated carbocycles. The van der Waals surface area contributed by atoms with Crippen molar-refractivity contribution in [3.05, 3.63) is 29.3 Å². The molecular weight excluding hydrogens is 204 g/mol. The van der Waals surface area contributed by atoms with Crippen LogP contribution in [0.3, 0.4) is 0 Å². The van der Waals surface area contributed by atoms with Gasteiger partial charge in [0.15, 0.2) is 0 Å². The number of aryl methyl sites for hydroxylation is 1. The lowest BCUT2D eigenvalue weighted by Crippen LogP contribution is -2.12. The summed E-state index contributed by atoms with van der Waals surface area (Å²) in [5.41, 5.74) is 6.31. The van der Waals surface area contributed by atoms with Crippen molar-refractivity contribution in [2.24, 2.45) is 5.73 Å². The van der Waals surface area contributed by atoms with Gasteiger partial charge in [-0.2, -0.15) is 8.78 Å². The van der Waals surface area contributed by atoms with Crippen LogP contribution in [0.2, 0.25) is 0 Å². The first-order chi connectivity index (χ1) is 7.04. The Morgan fingerprint density at radius 3 is 2.67 bits per heavy atom. The maximum Gasteiger partial charge on any atom is 0.387 e. The van der Waals surface area contributed by atoms with E-state index >= 15 is 0 Å². The molecule has 1 unspecified atom stereocenters. The van der Waals surface area contributed by atoms with Crippen molar-refractivity contribution in [3.8, 4) is 5.75 Å². The van der Waals surface area contributed by atoms with E-state index in [2.05, 4.69) is 4.74 Å². The SMILES string of the molecule is Cc1ccc(C(O)CN)cc1OC(F)F.